The van der Waals surface area contributed by atoms with E-state index in [4.69, 9.17) is 5.11 Å². The number of aliphatic hydroxyl groups excluding tert-OH is 1. The fourth-order valence-electron chi connectivity index (χ4n) is 1.31. The smallest absolute Gasteiger partial charge is 0.392 e. The minimum absolute atomic E-state index is 0.186. The van der Waals surface area contributed by atoms with E-state index in [2.05, 4.69) is 25.7 Å². The molecule has 0 fully saturated rings. The van der Waals surface area contributed by atoms with Gasteiger partial charge < -0.3 is 9.84 Å². The summed E-state index contributed by atoms with van der Waals surface area (Å²) in [5, 5.41) is 8.71. The molecule has 0 aliphatic carbocycles. The third kappa shape index (κ3) is 3.77. The van der Waals surface area contributed by atoms with Crippen LogP contribution in [0.1, 0.15) is 23.2 Å². The molecular weight excluding hydrogens is 329 g/mol. The Balaban J connectivity index is 3.26. The van der Waals surface area contributed by atoms with Crippen LogP contribution in [0.25, 0.3) is 0 Å². The normalized spacial score (nSPS) is 12.0. The van der Waals surface area contributed by atoms with Gasteiger partial charge in [0.1, 0.15) is 0 Å². The zero-order valence-electron chi connectivity index (χ0n) is 8.64. The zero-order chi connectivity index (χ0) is 13.9. The van der Waals surface area contributed by atoms with Crippen LogP contribution in [0.4, 0.5) is 22.0 Å². The van der Waals surface area contributed by atoms with Gasteiger partial charge in [0.2, 0.25) is 5.88 Å². The number of halogens is 6. The van der Waals surface area contributed by atoms with Crippen molar-refractivity contribution in [2.24, 2.45) is 0 Å². The van der Waals surface area contributed by atoms with Crippen LogP contribution < -0.4 is 4.74 Å². The Morgan fingerprint density at radius 1 is 1.39 bits per heavy atom. The number of hydrogen-bond donors (Lipinski definition) is 1. The maximum Gasteiger partial charge on any atom is 0.574 e. The van der Waals surface area contributed by atoms with E-state index in [1.54, 1.807) is 0 Å². The van der Waals surface area contributed by atoms with Crippen molar-refractivity contribution < 1.29 is 31.8 Å². The lowest BCUT2D eigenvalue weighted by molar-refractivity contribution is -0.276. The predicted octanol–water partition coefficient (Wildman–Crippen LogP) is 3.31. The van der Waals surface area contributed by atoms with Crippen LogP contribution in [0, 0.1) is 0 Å². The van der Waals surface area contributed by atoms with E-state index in [0.29, 0.717) is 6.07 Å². The molecule has 0 aliphatic rings. The Kier molecular flexibility index (Phi) is 4.85. The van der Waals surface area contributed by atoms with Gasteiger partial charge in [0.05, 0.1) is 12.3 Å². The van der Waals surface area contributed by atoms with Gasteiger partial charge in [-0.1, -0.05) is 15.9 Å². The van der Waals surface area contributed by atoms with Gasteiger partial charge in [-0.25, -0.2) is 13.8 Å². The molecular formula is C9H7BrF5NO2. The molecule has 0 atom stereocenters. The molecule has 0 unspecified atom stereocenters. The zero-order valence-corrected chi connectivity index (χ0v) is 10.2. The van der Waals surface area contributed by atoms with Gasteiger partial charge in [-0.15, -0.1) is 13.2 Å². The highest BCUT2D eigenvalue weighted by Gasteiger charge is 2.33. The number of rotatable bonds is 4. The number of ether oxygens (including phenoxy) is 1. The van der Waals surface area contributed by atoms with Crippen molar-refractivity contribution in [2.75, 3.05) is 0 Å². The second kappa shape index (κ2) is 5.79. The summed E-state index contributed by atoms with van der Waals surface area (Å²) in [4.78, 5) is 3.33. The monoisotopic (exact) mass is 335 g/mol. The van der Waals surface area contributed by atoms with E-state index in [1.165, 1.54) is 0 Å². The molecule has 18 heavy (non-hydrogen) atoms. The Bertz CT molecular complexity index is 399. The second-order valence-corrected chi connectivity index (χ2v) is 3.68. The number of hydrogen-bond acceptors (Lipinski definition) is 3. The summed E-state index contributed by atoms with van der Waals surface area (Å²) >= 11 is 2.84. The van der Waals surface area contributed by atoms with Gasteiger partial charge in [0.15, 0.2) is 0 Å². The lowest BCUT2D eigenvalue weighted by atomic mass is 10.1. The van der Waals surface area contributed by atoms with Gasteiger partial charge in [-0.05, 0) is 5.56 Å². The van der Waals surface area contributed by atoms with E-state index in [1.807, 2.05) is 0 Å². The van der Waals surface area contributed by atoms with Crippen molar-refractivity contribution in [2.45, 2.75) is 24.7 Å². The molecule has 1 N–H and O–H groups in total. The van der Waals surface area contributed by atoms with Crippen molar-refractivity contribution in [1.29, 1.82) is 0 Å². The summed E-state index contributed by atoms with van der Waals surface area (Å²) < 4.78 is 64.9. The van der Waals surface area contributed by atoms with Crippen molar-refractivity contribution in [3.63, 3.8) is 0 Å². The van der Waals surface area contributed by atoms with Crippen molar-refractivity contribution >= 4 is 15.9 Å². The number of aliphatic hydroxyl groups is 1. The highest BCUT2D eigenvalue weighted by Crippen LogP contribution is 2.31. The molecule has 0 bridgehead atoms. The summed E-state index contributed by atoms with van der Waals surface area (Å²) in [6.07, 6.45) is -7.93. The Hall–Kier alpha value is -0.960. The fraction of sp³-hybridized carbons (Fsp3) is 0.444. The summed E-state index contributed by atoms with van der Waals surface area (Å²) in [6.45, 7) is -0.837. The first-order valence-corrected chi connectivity index (χ1v) is 5.64. The number of alkyl halides is 6. The lowest BCUT2D eigenvalue weighted by Crippen LogP contribution is -2.19. The maximum absolute atomic E-state index is 12.7. The van der Waals surface area contributed by atoms with E-state index < -0.39 is 30.8 Å². The van der Waals surface area contributed by atoms with Crippen molar-refractivity contribution in [3.05, 3.63) is 22.9 Å². The quantitative estimate of drug-likeness (QED) is 0.678. The average Bonchev–Trinajstić information content (AvgIpc) is 2.24. The molecule has 0 saturated heterocycles. The molecule has 0 aliphatic heterocycles. The molecule has 0 radical (unpaired) electrons. The maximum atomic E-state index is 12.7. The second-order valence-electron chi connectivity index (χ2n) is 3.12. The lowest BCUT2D eigenvalue weighted by Gasteiger charge is -2.14. The van der Waals surface area contributed by atoms with Crippen molar-refractivity contribution in [3.8, 4) is 5.88 Å². The van der Waals surface area contributed by atoms with Crippen LogP contribution in [0.5, 0.6) is 5.88 Å². The Morgan fingerprint density at radius 2 is 2.00 bits per heavy atom. The first-order valence-electron chi connectivity index (χ1n) is 4.52. The van der Waals surface area contributed by atoms with Gasteiger partial charge >= 0.3 is 6.36 Å². The highest BCUT2D eigenvalue weighted by molar-refractivity contribution is 9.08. The molecule has 0 aromatic carbocycles. The van der Waals surface area contributed by atoms with Gasteiger partial charge in [-0.2, -0.15) is 0 Å². The van der Waals surface area contributed by atoms with E-state index in [0.717, 1.165) is 0 Å². The summed E-state index contributed by atoms with van der Waals surface area (Å²) in [5.74, 6) is -0.884. The molecule has 1 aromatic rings. The SMILES string of the molecule is OCc1cc(OC(F)(F)F)nc(CBr)c1C(F)F. The third-order valence-corrected chi connectivity index (χ3v) is 2.47. The molecule has 0 spiro atoms. The molecule has 9 heteroatoms. The van der Waals surface area contributed by atoms with Crippen LogP contribution in [-0.4, -0.2) is 16.5 Å². The Morgan fingerprint density at radius 3 is 2.39 bits per heavy atom. The van der Waals surface area contributed by atoms with E-state index in [-0.39, 0.29) is 16.6 Å². The van der Waals surface area contributed by atoms with Crippen LogP contribution >= 0.6 is 15.9 Å². The minimum Gasteiger partial charge on any atom is -0.392 e. The topological polar surface area (TPSA) is 42.4 Å². The van der Waals surface area contributed by atoms with E-state index in [9.17, 15) is 22.0 Å². The van der Waals surface area contributed by atoms with Crippen LogP contribution in [0.3, 0.4) is 0 Å². The fourth-order valence-corrected chi connectivity index (χ4v) is 1.73. The van der Waals surface area contributed by atoms with Crippen molar-refractivity contribution in [1.82, 2.24) is 4.98 Å². The molecule has 102 valence electrons. The first-order chi connectivity index (χ1) is 8.28. The molecule has 0 amide bonds. The first kappa shape index (κ1) is 15.1. The van der Waals surface area contributed by atoms with Gasteiger partial charge in [0, 0.05) is 17.0 Å². The number of nitrogens with zero attached hydrogens (tertiary/aromatic N) is 1. The average molecular weight is 336 g/mol. The molecule has 3 nitrogen and oxygen atoms in total. The predicted molar refractivity (Wildman–Crippen MR) is 54.4 cm³/mol. The molecule has 1 aromatic heterocycles. The molecule has 1 rings (SSSR count). The summed E-state index contributed by atoms with van der Waals surface area (Å²) in [6, 6.07) is 0.640. The Labute approximate surface area is 107 Å². The van der Waals surface area contributed by atoms with Crippen LogP contribution in [0.15, 0.2) is 6.07 Å². The van der Waals surface area contributed by atoms with Crippen LogP contribution in [-0.2, 0) is 11.9 Å². The van der Waals surface area contributed by atoms with E-state index >= 15 is 0 Å². The number of pyridine rings is 1. The van der Waals surface area contributed by atoms with Crippen LogP contribution in [0.2, 0.25) is 0 Å². The number of aromatic nitrogens is 1. The summed E-state index contributed by atoms with van der Waals surface area (Å²) in [5.41, 5.74) is -1.26. The van der Waals surface area contributed by atoms with Gasteiger partial charge in [0.25, 0.3) is 6.43 Å². The molecule has 1 heterocycles. The van der Waals surface area contributed by atoms with Gasteiger partial charge in [-0.3, -0.25) is 0 Å². The largest absolute Gasteiger partial charge is 0.574 e. The minimum atomic E-state index is -4.98. The highest BCUT2D eigenvalue weighted by atomic mass is 79.9. The standard InChI is InChI=1S/C9H7BrF5NO2/c10-2-5-7(8(11)12)4(3-17)1-6(16-5)18-9(13,14)15/h1,8,17H,2-3H2. The third-order valence-electron chi connectivity index (χ3n) is 1.94. The summed E-state index contributed by atoms with van der Waals surface area (Å²) in [7, 11) is 0. The molecule has 0 saturated carbocycles.